The third kappa shape index (κ3) is 5.43. The van der Waals surface area contributed by atoms with Crippen LogP contribution in [0.2, 0.25) is 0 Å². The molecule has 0 unspecified atom stereocenters. The fourth-order valence-corrected chi connectivity index (χ4v) is 5.09. The van der Waals surface area contributed by atoms with Crippen molar-refractivity contribution in [1.29, 1.82) is 5.26 Å². The standard InChI is InChI=1S/C22H24N4O5S/c23-15-17-5-1-4-8-20(17)32(29,30)26-12-9-16(10-13-26)22(28)25-18-6-2-3-7-19(18)31-14-11-21(24)27/h1-8,16H,9-14H2,(H2,24,27)(H,25,28). The molecule has 1 aliphatic heterocycles. The second-order valence-electron chi connectivity index (χ2n) is 7.34. The zero-order valence-corrected chi connectivity index (χ0v) is 18.2. The van der Waals surface area contributed by atoms with E-state index in [0.29, 0.717) is 24.3 Å². The highest BCUT2D eigenvalue weighted by molar-refractivity contribution is 7.89. The minimum Gasteiger partial charge on any atom is -0.491 e. The Kier molecular flexibility index (Phi) is 7.45. The Hall–Kier alpha value is -3.42. The number of carbonyl (C=O) groups excluding carboxylic acids is 2. The van der Waals surface area contributed by atoms with Gasteiger partial charge in [0, 0.05) is 19.0 Å². The second kappa shape index (κ2) is 10.3. The van der Waals surface area contributed by atoms with Crippen molar-refractivity contribution in [2.75, 3.05) is 25.0 Å². The van der Waals surface area contributed by atoms with Crippen LogP contribution in [-0.2, 0) is 19.6 Å². The lowest BCUT2D eigenvalue weighted by Crippen LogP contribution is -2.41. The third-order valence-electron chi connectivity index (χ3n) is 5.20. The molecule has 0 spiro atoms. The van der Waals surface area contributed by atoms with Crippen molar-refractivity contribution < 1.29 is 22.7 Å². The number of anilines is 1. The lowest BCUT2D eigenvalue weighted by molar-refractivity contribution is -0.121. The Labute approximate surface area is 186 Å². The molecule has 10 heteroatoms. The molecule has 0 atom stereocenters. The molecule has 0 aliphatic carbocycles. The smallest absolute Gasteiger partial charge is 0.244 e. The summed E-state index contributed by atoms with van der Waals surface area (Å²) < 4.78 is 32.8. The fourth-order valence-electron chi connectivity index (χ4n) is 3.47. The van der Waals surface area contributed by atoms with E-state index in [1.165, 1.54) is 16.4 Å². The lowest BCUT2D eigenvalue weighted by atomic mass is 9.97. The lowest BCUT2D eigenvalue weighted by Gasteiger charge is -2.30. The van der Waals surface area contributed by atoms with E-state index in [0.717, 1.165) is 0 Å². The summed E-state index contributed by atoms with van der Waals surface area (Å²) in [6, 6.07) is 14.9. The summed E-state index contributed by atoms with van der Waals surface area (Å²) in [6.07, 6.45) is 0.763. The summed E-state index contributed by atoms with van der Waals surface area (Å²) in [4.78, 5) is 23.6. The molecule has 0 radical (unpaired) electrons. The highest BCUT2D eigenvalue weighted by atomic mass is 32.2. The number of rotatable bonds is 8. The van der Waals surface area contributed by atoms with Crippen LogP contribution < -0.4 is 15.8 Å². The molecule has 1 fully saturated rings. The van der Waals surface area contributed by atoms with Gasteiger partial charge in [-0.25, -0.2) is 8.42 Å². The van der Waals surface area contributed by atoms with Crippen molar-refractivity contribution in [3.05, 3.63) is 54.1 Å². The molecule has 1 saturated heterocycles. The van der Waals surface area contributed by atoms with E-state index in [9.17, 15) is 23.3 Å². The summed E-state index contributed by atoms with van der Waals surface area (Å²) in [5.41, 5.74) is 5.69. The highest BCUT2D eigenvalue weighted by Gasteiger charge is 2.33. The van der Waals surface area contributed by atoms with Gasteiger partial charge in [-0.2, -0.15) is 9.57 Å². The van der Waals surface area contributed by atoms with Crippen molar-refractivity contribution in [1.82, 2.24) is 4.31 Å². The van der Waals surface area contributed by atoms with E-state index < -0.39 is 15.9 Å². The van der Waals surface area contributed by atoms with Gasteiger partial charge in [0.25, 0.3) is 0 Å². The minimum atomic E-state index is -3.82. The number of hydrogen-bond donors (Lipinski definition) is 2. The predicted octanol–water partition coefficient (Wildman–Crippen LogP) is 1.85. The van der Waals surface area contributed by atoms with Crippen LogP contribution >= 0.6 is 0 Å². The minimum absolute atomic E-state index is 0.0209. The quantitative estimate of drug-likeness (QED) is 0.621. The Morgan fingerprint density at radius 2 is 1.78 bits per heavy atom. The maximum Gasteiger partial charge on any atom is 0.244 e. The molecule has 168 valence electrons. The number of sulfonamides is 1. The molecule has 1 heterocycles. The molecule has 0 aromatic heterocycles. The van der Waals surface area contributed by atoms with Crippen molar-refractivity contribution in [3.8, 4) is 11.8 Å². The molecular formula is C22H24N4O5S. The number of nitrogens with zero attached hydrogens (tertiary/aromatic N) is 2. The van der Waals surface area contributed by atoms with Gasteiger partial charge in [-0.15, -0.1) is 0 Å². The number of nitriles is 1. The van der Waals surface area contributed by atoms with Crippen LogP contribution in [0, 0.1) is 17.2 Å². The van der Waals surface area contributed by atoms with Crippen LogP contribution in [0.5, 0.6) is 5.75 Å². The number of carbonyl (C=O) groups is 2. The third-order valence-corrected chi connectivity index (χ3v) is 7.16. The summed E-state index contributed by atoms with van der Waals surface area (Å²) in [5, 5.41) is 12.1. The number of primary amides is 1. The first-order valence-electron chi connectivity index (χ1n) is 10.1. The number of piperidine rings is 1. The Morgan fingerprint density at radius 1 is 1.12 bits per heavy atom. The van der Waals surface area contributed by atoms with E-state index in [1.54, 1.807) is 36.4 Å². The van der Waals surface area contributed by atoms with Gasteiger partial charge in [-0.1, -0.05) is 24.3 Å². The number of para-hydroxylation sites is 2. The summed E-state index contributed by atoms with van der Waals surface area (Å²) in [5.74, 6) is -0.655. The Balaban J connectivity index is 1.62. The van der Waals surface area contributed by atoms with E-state index in [4.69, 9.17) is 10.5 Å². The van der Waals surface area contributed by atoms with E-state index in [2.05, 4.69) is 5.32 Å². The Bertz CT molecular complexity index is 1140. The normalized spacial score (nSPS) is 15.0. The summed E-state index contributed by atoms with van der Waals surface area (Å²) in [7, 11) is -3.82. The van der Waals surface area contributed by atoms with Crippen LogP contribution in [0.4, 0.5) is 5.69 Å². The van der Waals surface area contributed by atoms with Gasteiger partial charge in [0.2, 0.25) is 21.8 Å². The van der Waals surface area contributed by atoms with Crippen molar-refractivity contribution in [3.63, 3.8) is 0 Å². The number of amides is 2. The molecule has 2 amide bonds. The van der Waals surface area contributed by atoms with E-state index >= 15 is 0 Å². The average molecular weight is 457 g/mol. The number of ether oxygens (including phenoxy) is 1. The van der Waals surface area contributed by atoms with Gasteiger partial charge < -0.3 is 15.8 Å². The molecule has 32 heavy (non-hydrogen) atoms. The fraction of sp³-hybridized carbons (Fsp3) is 0.318. The summed E-state index contributed by atoms with van der Waals surface area (Å²) >= 11 is 0. The maximum absolute atomic E-state index is 13.0. The molecule has 2 aromatic carbocycles. The van der Waals surface area contributed by atoms with Crippen molar-refractivity contribution in [2.45, 2.75) is 24.2 Å². The maximum atomic E-state index is 13.0. The number of benzene rings is 2. The van der Waals surface area contributed by atoms with Crippen molar-refractivity contribution >= 4 is 27.5 Å². The summed E-state index contributed by atoms with van der Waals surface area (Å²) in [6.45, 7) is 0.455. The number of nitrogens with one attached hydrogen (secondary N) is 1. The zero-order valence-electron chi connectivity index (χ0n) is 17.4. The predicted molar refractivity (Wildman–Crippen MR) is 117 cm³/mol. The monoisotopic (exact) mass is 456 g/mol. The SMILES string of the molecule is N#Cc1ccccc1S(=O)(=O)N1CCC(C(=O)Nc2ccccc2OCCC(N)=O)CC1. The largest absolute Gasteiger partial charge is 0.491 e. The first-order chi connectivity index (χ1) is 15.3. The second-order valence-corrected chi connectivity index (χ2v) is 9.24. The molecule has 0 bridgehead atoms. The molecule has 3 rings (SSSR count). The van der Waals surface area contributed by atoms with E-state index in [-0.39, 0.29) is 48.4 Å². The van der Waals surface area contributed by atoms with Crippen LogP contribution in [0.15, 0.2) is 53.4 Å². The van der Waals surface area contributed by atoms with Gasteiger partial charge in [-0.05, 0) is 37.1 Å². The highest BCUT2D eigenvalue weighted by Crippen LogP contribution is 2.28. The zero-order chi connectivity index (χ0) is 23.1. The van der Waals surface area contributed by atoms with Crippen LogP contribution in [0.3, 0.4) is 0 Å². The topological polar surface area (TPSA) is 143 Å². The van der Waals surface area contributed by atoms with E-state index in [1.807, 2.05) is 6.07 Å². The number of hydrogen-bond acceptors (Lipinski definition) is 6. The van der Waals surface area contributed by atoms with Gasteiger partial charge in [0.1, 0.15) is 11.8 Å². The van der Waals surface area contributed by atoms with Crippen LogP contribution in [0.1, 0.15) is 24.8 Å². The van der Waals surface area contributed by atoms with Crippen LogP contribution in [0.25, 0.3) is 0 Å². The number of nitrogens with two attached hydrogens (primary N) is 1. The van der Waals surface area contributed by atoms with Gasteiger partial charge in [0.15, 0.2) is 0 Å². The molecular weight excluding hydrogens is 432 g/mol. The molecule has 3 N–H and O–H groups in total. The molecule has 9 nitrogen and oxygen atoms in total. The van der Waals surface area contributed by atoms with Crippen LogP contribution in [-0.4, -0.2) is 44.2 Å². The van der Waals surface area contributed by atoms with Crippen molar-refractivity contribution in [2.24, 2.45) is 11.7 Å². The van der Waals surface area contributed by atoms with Gasteiger partial charge >= 0.3 is 0 Å². The van der Waals surface area contributed by atoms with Gasteiger partial charge in [0.05, 0.1) is 29.2 Å². The van der Waals surface area contributed by atoms with Gasteiger partial charge in [-0.3, -0.25) is 9.59 Å². The average Bonchev–Trinajstić information content (AvgIpc) is 2.80. The molecule has 2 aromatic rings. The first kappa shape index (κ1) is 23.2. The first-order valence-corrected chi connectivity index (χ1v) is 11.6. The molecule has 1 aliphatic rings. The molecule has 0 saturated carbocycles. The Morgan fingerprint density at radius 3 is 2.47 bits per heavy atom.